The molecule has 1 atom stereocenters. The van der Waals surface area contributed by atoms with Gasteiger partial charge < -0.3 is 10.2 Å². The second-order valence-electron chi connectivity index (χ2n) is 5.18. The normalized spacial score (nSPS) is 20.7. The van der Waals surface area contributed by atoms with E-state index < -0.39 is 0 Å². The summed E-state index contributed by atoms with van der Waals surface area (Å²) in [6.07, 6.45) is 11.4. The number of piperidine rings is 1. The molecule has 1 rings (SSSR count). The van der Waals surface area contributed by atoms with E-state index in [1.165, 1.54) is 71.1 Å². The maximum absolute atomic E-state index is 3.77. The number of likely N-dealkylation sites (N-methyl/N-ethyl adjacent to an activating group) is 1. The Balaban J connectivity index is 2.07. The Bertz CT molecular complexity index is 185. The van der Waals surface area contributed by atoms with Gasteiger partial charge in [0, 0.05) is 12.6 Å². The lowest BCUT2D eigenvalue weighted by molar-refractivity contribution is 0.229. The first-order valence-electron chi connectivity index (χ1n) is 7.43. The highest BCUT2D eigenvalue weighted by molar-refractivity contribution is 4.75. The van der Waals surface area contributed by atoms with E-state index in [2.05, 4.69) is 23.7 Å². The zero-order chi connectivity index (χ0) is 12.3. The SMILES string of the molecule is C=CCCCCCN(CC)CC1CCCCN1. The highest BCUT2D eigenvalue weighted by Gasteiger charge is 2.15. The molecule has 0 spiro atoms. The number of hydrogen-bond donors (Lipinski definition) is 1. The van der Waals surface area contributed by atoms with E-state index in [1.54, 1.807) is 0 Å². The summed E-state index contributed by atoms with van der Waals surface area (Å²) >= 11 is 0. The molecule has 1 saturated heterocycles. The Hall–Kier alpha value is -0.340. The fourth-order valence-electron chi connectivity index (χ4n) is 2.57. The van der Waals surface area contributed by atoms with Crippen molar-refractivity contribution in [1.29, 1.82) is 0 Å². The van der Waals surface area contributed by atoms with Gasteiger partial charge in [-0.05, 0) is 51.7 Å². The Morgan fingerprint density at radius 2 is 2.18 bits per heavy atom. The molecule has 0 bridgehead atoms. The lowest BCUT2D eigenvalue weighted by atomic mass is 10.0. The van der Waals surface area contributed by atoms with Gasteiger partial charge in [0.05, 0.1) is 0 Å². The minimum absolute atomic E-state index is 0.747. The van der Waals surface area contributed by atoms with Gasteiger partial charge in [0.2, 0.25) is 0 Å². The first kappa shape index (κ1) is 14.7. The Morgan fingerprint density at radius 3 is 2.82 bits per heavy atom. The molecule has 0 aliphatic carbocycles. The predicted molar refractivity (Wildman–Crippen MR) is 76.4 cm³/mol. The van der Waals surface area contributed by atoms with Gasteiger partial charge in [-0.1, -0.05) is 25.8 Å². The van der Waals surface area contributed by atoms with Gasteiger partial charge in [0.15, 0.2) is 0 Å². The zero-order valence-corrected chi connectivity index (χ0v) is 11.6. The van der Waals surface area contributed by atoms with Gasteiger partial charge in [-0.2, -0.15) is 0 Å². The van der Waals surface area contributed by atoms with Crippen molar-refractivity contribution in [2.24, 2.45) is 0 Å². The molecule has 1 heterocycles. The molecule has 100 valence electrons. The van der Waals surface area contributed by atoms with Gasteiger partial charge in [-0.25, -0.2) is 0 Å². The van der Waals surface area contributed by atoms with Crippen LogP contribution in [0.4, 0.5) is 0 Å². The molecule has 0 saturated carbocycles. The third-order valence-electron chi connectivity index (χ3n) is 3.72. The molecule has 17 heavy (non-hydrogen) atoms. The fraction of sp³-hybridized carbons (Fsp3) is 0.867. The summed E-state index contributed by atoms with van der Waals surface area (Å²) in [5.74, 6) is 0. The Kier molecular flexibility index (Phi) is 8.37. The molecular formula is C15H30N2. The number of allylic oxidation sites excluding steroid dienone is 1. The van der Waals surface area contributed by atoms with Crippen LogP contribution in [0.1, 0.15) is 51.9 Å². The summed E-state index contributed by atoms with van der Waals surface area (Å²) in [7, 11) is 0. The molecule has 1 N–H and O–H groups in total. The monoisotopic (exact) mass is 238 g/mol. The first-order valence-corrected chi connectivity index (χ1v) is 7.43. The highest BCUT2D eigenvalue weighted by atomic mass is 15.1. The molecule has 1 unspecified atom stereocenters. The Morgan fingerprint density at radius 1 is 1.29 bits per heavy atom. The summed E-state index contributed by atoms with van der Waals surface area (Å²) in [6, 6.07) is 0.747. The summed E-state index contributed by atoms with van der Waals surface area (Å²) in [6.45, 7) is 11.0. The van der Waals surface area contributed by atoms with Gasteiger partial charge in [0.25, 0.3) is 0 Å². The van der Waals surface area contributed by atoms with Crippen molar-refractivity contribution in [2.75, 3.05) is 26.2 Å². The van der Waals surface area contributed by atoms with E-state index >= 15 is 0 Å². The van der Waals surface area contributed by atoms with Crippen LogP contribution in [0, 0.1) is 0 Å². The van der Waals surface area contributed by atoms with Gasteiger partial charge >= 0.3 is 0 Å². The van der Waals surface area contributed by atoms with E-state index in [1.807, 2.05) is 6.08 Å². The van der Waals surface area contributed by atoms with Crippen molar-refractivity contribution in [3.05, 3.63) is 12.7 Å². The van der Waals surface area contributed by atoms with Crippen molar-refractivity contribution in [3.8, 4) is 0 Å². The minimum atomic E-state index is 0.747. The van der Waals surface area contributed by atoms with Crippen LogP contribution in [-0.4, -0.2) is 37.1 Å². The number of nitrogens with one attached hydrogen (secondary N) is 1. The third kappa shape index (κ3) is 6.85. The summed E-state index contributed by atoms with van der Waals surface area (Å²) in [4.78, 5) is 2.61. The number of unbranched alkanes of at least 4 members (excludes halogenated alkanes) is 3. The molecule has 1 aliphatic heterocycles. The lowest BCUT2D eigenvalue weighted by Crippen LogP contribution is -2.43. The molecule has 2 heteroatoms. The molecular weight excluding hydrogens is 208 g/mol. The average molecular weight is 238 g/mol. The highest BCUT2D eigenvalue weighted by Crippen LogP contribution is 2.09. The van der Waals surface area contributed by atoms with Crippen LogP contribution < -0.4 is 5.32 Å². The quantitative estimate of drug-likeness (QED) is 0.490. The smallest absolute Gasteiger partial charge is 0.0195 e. The fourth-order valence-corrected chi connectivity index (χ4v) is 2.57. The summed E-state index contributed by atoms with van der Waals surface area (Å²) in [5, 5.41) is 3.64. The largest absolute Gasteiger partial charge is 0.313 e. The van der Waals surface area contributed by atoms with Gasteiger partial charge in [0.1, 0.15) is 0 Å². The standard InChI is InChI=1S/C15H30N2/c1-3-5-6-7-10-13-17(4-2)14-15-11-8-9-12-16-15/h3,15-16H,1,4-14H2,2H3. The van der Waals surface area contributed by atoms with Crippen molar-refractivity contribution >= 4 is 0 Å². The topological polar surface area (TPSA) is 15.3 Å². The zero-order valence-electron chi connectivity index (χ0n) is 11.6. The van der Waals surface area contributed by atoms with Crippen molar-refractivity contribution in [2.45, 2.75) is 57.9 Å². The Labute approximate surface area is 107 Å². The van der Waals surface area contributed by atoms with Crippen LogP contribution in [0.15, 0.2) is 12.7 Å². The van der Waals surface area contributed by atoms with Crippen molar-refractivity contribution in [3.63, 3.8) is 0 Å². The van der Waals surface area contributed by atoms with E-state index in [0.29, 0.717) is 0 Å². The molecule has 0 aromatic heterocycles. The maximum atomic E-state index is 3.77. The number of nitrogens with zero attached hydrogens (tertiary/aromatic N) is 1. The summed E-state index contributed by atoms with van der Waals surface area (Å²) < 4.78 is 0. The summed E-state index contributed by atoms with van der Waals surface area (Å²) in [5.41, 5.74) is 0. The third-order valence-corrected chi connectivity index (χ3v) is 3.72. The van der Waals surface area contributed by atoms with Crippen LogP contribution in [0.25, 0.3) is 0 Å². The molecule has 0 aromatic carbocycles. The van der Waals surface area contributed by atoms with Crippen LogP contribution in [-0.2, 0) is 0 Å². The van der Waals surface area contributed by atoms with Crippen LogP contribution in [0.5, 0.6) is 0 Å². The maximum Gasteiger partial charge on any atom is 0.0195 e. The van der Waals surface area contributed by atoms with Gasteiger partial charge in [-0.3, -0.25) is 0 Å². The minimum Gasteiger partial charge on any atom is -0.313 e. The second kappa shape index (κ2) is 9.67. The molecule has 0 aromatic rings. The molecule has 0 radical (unpaired) electrons. The lowest BCUT2D eigenvalue weighted by Gasteiger charge is -2.29. The van der Waals surface area contributed by atoms with Crippen LogP contribution in [0.2, 0.25) is 0 Å². The molecule has 2 nitrogen and oxygen atoms in total. The second-order valence-corrected chi connectivity index (χ2v) is 5.18. The van der Waals surface area contributed by atoms with Crippen molar-refractivity contribution in [1.82, 2.24) is 10.2 Å². The molecule has 1 aliphatic rings. The number of rotatable bonds is 9. The number of hydrogen-bond acceptors (Lipinski definition) is 2. The first-order chi connectivity index (χ1) is 8.36. The molecule has 0 amide bonds. The average Bonchev–Trinajstić information content (AvgIpc) is 2.38. The van der Waals surface area contributed by atoms with Crippen molar-refractivity contribution < 1.29 is 0 Å². The van der Waals surface area contributed by atoms with Crippen LogP contribution in [0.3, 0.4) is 0 Å². The molecule has 1 fully saturated rings. The van der Waals surface area contributed by atoms with Gasteiger partial charge in [-0.15, -0.1) is 6.58 Å². The van der Waals surface area contributed by atoms with E-state index in [0.717, 1.165) is 6.04 Å². The van der Waals surface area contributed by atoms with E-state index in [-0.39, 0.29) is 0 Å². The predicted octanol–water partition coefficient (Wildman–Crippen LogP) is 3.20. The van der Waals surface area contributed by atoms with Crippen LogP contribution >= 0.6 is 0 Å². The van der Waals surface area contributed by atoms with E-state index in [9.17, 15) is 0 Å². The van der Waals surface area contributed by atoms with E-state index in [4.69, 9.17) is 0 Å².